The fourth-order valence-electron chi connectivity index (χ4n) is 10.9. The molecule has 0 radical (unpaired) electrons. The van der Waals surface area contributed by atoms with Crippen LogP contribution in [0.3, 0.4) is 0 Å². The highest BCUT2D eigenvalue weighted by Gasteiger charge is 2.73. The molecule has 3 heteroatoms. The van der Waals surface area contributed by atoms with E-state index < -0.39 is 0 Å². The van der Waals surface area contributed by atoms with Gasteiger partial charge in [0.25, 0.3) is 0 Å². The molecule has 0 aromatic carbocycles. The van der Waals surface area contributed by atoms with Crippen LogP contribution in [0.1, 0.15) is 107 Å². The normalized spacial score (nSPS) is 54.2. The van der Waals surface area contributed by atoms with E-state index >= 15 is 0 Å². The van der Waals surface area contributed by atoms with Crippen LogP contribution in [0.5, 0.6) is 0 Å². The van der Waals surface area contributed by atoms with Gasteiger partial charge in [0.15, 0.2) is 0 Å². The van der Waals surface area contributed by atoms with E-state index in [1.54, 1.807) is 12.5 Å². The minimum Gasteiger partial charge on any atom is -0.462 e. The first-order valence-corrected chi connectivity index (χ1v) is 14.3. The standard InChI is InChI=1S/C31H48O3/c1-18(32)33-22-11-14-31(8)21(28(22,4)5)10-13-30(7)19-9-12-29(6)16-15-27(2,3)17-20(29)23(19)24-25(34-24)26(30)31/h9,20-26H,10-17H2,1-8H3. The highest BCUT2D eigenvalue weighted by molar-refractivity contribution is 5.66. The Bertz CT molecular complexity index is 931. The molecule has 4 saturated carbocycles. The Hall–Kier alpha value is -0.830. The number of allylic oxidation sites excluding steroid dienone is 1. The molecular formula is C31H48O3. The molecule has 0 amide bonds. The number of hydrogen-bond acceptors (Lipinski definition) is 3. The van der Waals surface area contributed by atoms with Crippen LogP contribution in [0.2, 0.25) is 0 Å². The lowest BCUT2D eigenvalue weighted by Gasteiger charge is -2.67. The van der Waals surface area contributed by atoms with Gasteiger partial charge in [0.05, 0.1) is 12.2 Å². The minimum absolute atomic E-state index is 0.00808. The van der Waals surface area contributed by atoms with Crippen LogP contribution in [0.15, 0.2) is 11.6 Å². The molecule has 0 spiro atoms. The van der Waals surface area contributed by atoms with Crippen molar-refractivity contribution in [2.45, 2.75) is 125 Å². The van der Waals surface area contributed by atoms with Gasteiger partial charge in [-0.25, -0.2) is 0 Å². The quantitative estimate of drug-likeness (QED) is 0.230. The second-order valence-corrected chi connectivity index (χ2v) is 15.5. The van der Waals surface area contributed by atoms with Crippen LogP contribution in [0.4, 0.5) is 0 Å². The second kappa shape index (κ2) is 6.93. The average Bonchev–Trinajstić information content (AvgIpc) is 3.49. The van der Waals surface area contributed by atoms with Crippen LogP contribution >= 0.6 is 0 Å². The first-order valence-electron chi connectivity index (χ1n) is 14.3. The van der Waals surface area contributed by atoms with Gasteiger partial charge in [-0.3, -0.25) is 4.79 Å². The first kappa shape index (κ1) is 23.6. The minimum atomic E-state index is -0.126. The van der Waals surface area contributed by atoms with Gasteiger partial charge < -0.3 is 9.47 Å². The Labute approximate surface area is 207 Å². The smallest absolute Gasteiger partial charge is 0.302 e. The third-order valence-corrected chi connectivity index (χ3v) is 12.7. The van der Waals surface area contributed by atoms with Crippen LogP contribution in [-0.2, 0) is 14.3 Å². The summed E-state index contributed by atoms with van der Waals surface area (Å²) in [4.78, 5) is 11.9. The molecule has 10 atom stereocenters. The number of rotatable bonds is 1. The summed E-state index contributed by atoms with van der Waals surface area (Å²) in [5, 5.41) is 0. The highest BCUT2D eigenvalue weighted by Crippen LogP contribution is 2.75. The largest absolute Gasteiger partial charge is 0.462 e. The summed E-state index contributed by atoms with van der Waals surface area (Å²) in [5.74, 6) is 2.44. The number of epoxide rings is 1. The molecule has 0 aromatic rings. The van der Waals surface area contributed by atoms with Crippen molar-refractivity contribution in [1.29, 1.82) is 0 Å². The van der Waals surface area contributed by atoms with E-state index in [0.717, 1.165) is 18.8 Å². The number of hydrogen-bond donors (Lipinski definition) is 0. The van der Waals surface area contributed by atoms with Gasteiger partial charge in [0.2, 0.25) is 0 Å². The van der Waals surface area contributed by atoms with E-state index in [1.165, 1.54) is 38.5 Å². The molecule has 5 aliphatic carbocycles. The molecule has 10 unspecified atom stereocenters. The molecule has 5 fully saturated rings. The van der Waals surface area contributed by atoms with Gasteiger partial charge in [-0.1, -0.05) is 60.1 Å². The summed E-state index contributed by atoms with van der Waals surface area (Å²) < 4.78 is 12.7. The Morgan fingerprint density at radius 2 is 1.71 bits per heavy atom. The summed E-state index contributed by atoms with van der Waals surface area (Å²) >= 11 is 0. The summed E-state index contributed by atoms with van der Waals surface area (Å²) in [5.41, 5.74) is 3.20. The molecule has 6 aliphatic rings. The summed E-state index contributed by atoms with van der Waals surface area (Å²) in [6, 6.07) is 0. The Kier molecular flexibility index (Phi) is 4.80. The van der Waals surface area contributed by atoms with Crippen molar-refractivity contribution >= 4 is 5.97 Å². The van der Waals surface area contributed by atoms with Crippen molar-refractivity contribution in [3.05, 3.63) is 11.6 Å². The molecule has 0 aromatic heterocycles. The van der Waals surface area contributed by atoms with Crippen LogP contribution in [-0.4, -0.2) is 24.3 Å². The van der Waals surface area contributed by atoms with Gasteiger partial charge in [-0.2, -0.15) is 0 Å². The van der Waals surface area contributed by atoms with Gasteiger partial charge in [0.1, 0.15) is 6.10 Å². The molecule has 1 saturated heterocycles. The molecule has 0 N–H and O–H groups in total. The molecule has 6 rings (SSSR count). The maximum atomic E-state index is 11.9. The Morgan fingerprint density at radius 1 is 0.971 bits per heavy atom. The van der Waals surface area contributed by atoms with Crippen LogP contribution in [0, 0.1) is 50.7 Å². The predicted octanol–water partition coefficient (Wildman–Crippen LogP) is 7.34. The molecule has 3 nitrogen and oxygen atoms in total. The topological polar surface area (TPSA) is 38.8 Å². The lowest BCUT2D eigenvalue weighted by Crippen LogP contribution is -2.63. The van der Waals surface area contributed by atoms with Crippen molar-refractivity contribution in [3.63, 3.8) is 0 Å². The highest BCUT2D eigenvalue weighted by atomic mass is 16.6. The zero-order chi connectivity index (χ0) is 24.5. The summed E-state index contributed by atoms with van der Waals surface area (Å²) in [6.45, 7) is 19.1. The molecule has 0 bridgehead atoms. The average molecular weight is 469 g/mol. The summed E-state index contributed by atoms with van der Waals surface area (Å²) in [6.07, 6.45) is 13.6. The third-order valence-electron chi connectivity index (χ3n) is 12.7. The van der Waals surface area contributed by atoms with E-state index in [1.807, 2.05) is 0 Å². The molecular weight excluding hydrogens is 420 g/mol. The van der Waals surface area contributed by atoms with Crippen molar-refractivity contribution in [2.24, 2.45) is 50.7 Å². The van der Waals surface area contributed by atoms with Gasteiger partial charge in [-0.15, -0.1) is 0 Å². The second-order valence-electron chi connectivity index (χ2n) is 15.5. The van der Waals surface area contributed by atoms with E-state index in [4.69, 9.17) is 9.47 Å². The zero-order valence-corrected chi connectivity index (χ0v) is 23.0. The van der Waals surface area contributed by atoms with Crippen LogP contribution < -0.4 is 0 Å². The van der Waals surface area contributed by atoms with E-state index in [-0.39, 0.29) is 28.3 Å². The predicted molar refractivity (Wildman–Crippen MR) is 135 cm³/mol. The lowest BCUT2D eigenvalue weighted by atomic mass is 9.37. The number of carbonyl (C=O) groups is 1. The van der Waals surface area contributed by atoms with Crippen LogP contribution in [0.25, 0.3) is 0 Å². The van der Waals surface area contributed by atoms with Gasteiger partial charge >= 0.3 is 5.97 Å². The van der Waals surface area contributed by atoms with E-state index in [9.17, 15) is 4.79 Å². The number of ether oxygens (including phenoxy) is 2. The summed E-state index contributed by atoms with van der Waals surface area (Å²) in [7, 11) is 0. The monoisotopic (exact) mass is 468 g/mol. The molecule has 190 valence electrons. The van der Waals surface area contributed by atoms with Crippen molar-refractivity contribution < 1.29 is 14.3 Å². The maximum Gasteiger partial charge on any atom is 0.302 e. The number of fused-ring (bicyclic) bond motifs is 10. The van der Waals surface area contributed by atoms with E-state index in [2.05, 4.69) is 54.5 Å². The molecule has 1 aliphatic heterocycles. The van der Waals surface area contributed by atoms with E-state index in [0.29, 0.717) is 40.8 Å². The fraction of sp³-hybridized carbons (Fsp3) is 0.903. The zero-order valence-electron chi connectivity index (χ0n) is 23.0. The number of carbonyl (C=O) groups excluding carboxylic acids is 1. The van der Waals surface area contributed by atoms with Crippen molar-refractivity contribution in [3.8, 4) is 0 Å². The van der Waals surface area contributed by atoms with Gasteiger partial charge in [0, 0.05) is 24.2 Å². The van der Waals surface area contributed by atoms with Crippen molar-refractivity contribution in [2.75, 3.05) is 0 Å². The first-order chi connectivity index (χ1) is 15.7. The lowest BCUT2D eigenvalue weighted by molar-refractivity contribution is -0.193. The molecule has 34 heavy (non-hydrogen) atoms. The third kappa shape index (κ3) is 3.00. The fourth-order valence-corrected chi connectivity index (χ4v) is 10.9. The number of esters is 1. The maximum absolute atomic E-state index is 11.9. The SMILES string of the molecule is CC(=O)OC1CCC2(C)C3C4OC4C4C(=CCC5(C)CCC(C)(C)CC45)C3(C)CCC2C1(C)C. The molecule has 1 heterocycles. The van der Waals surface area contributed by atoms with Gasteiger partial charge in [-0.05, 0) is 84.9 Å². The Balaban J connectivity index is 1.37. The Morgan fingerprint density at radius 3 is 2.41 bits per heavy atom. The van der Waals surface area contributed by atoms with Crippen molar-refractivity contribution in [1.82, 2.24) is 0 Å².